The van der Waals surface area contributed by atoms with Gasteiger partial charge in [-0.25, -0.2) is 8.42 Å². The fourth-order valence-electron chi connectivity index (χ4n) is 3.82. The maximum Gasteiger partial charge on any atom is 0.235 e. The Bertz CT molecular complexity index is 1030. The van der Waals surface area contributed by atoms with Crippen molar-refractivity contribution >= 4 is 15.7 Å². The predicted molar refractivity (Wildman–Crippen MR) is 121 cm³/mol. The van der Waals surface area contributed by atoms with Gasteiger partial charge in [0.25, 0.3) is 0 Å². The van der Waals surface area contributed by atoms with Gasteiger partial charge in [0.2, 0.25) is 5.91 Å². The summed E-state index contributed by atoms with van der Waals surface area (Å²) in [6.07, 6.45) is 3.81. The van der Waals surface area contributed by atoms with Crippen LogP contribution in [0.15, 0.2) is 48.5 Å². The number of carbonyl (C=O) groups excluding carboxylic acids is 1. The largest absolute Gasteiger partial charge is 0.351 e. The summed E-state index contributed by atoms with van der Waals surface area (Å²) in [5, 5.41) is 11.5. The first-order valence-electron chi connectivity index (χ1n) is 10.6. The summed E-state index contributed by atoms with van der Waals surface area (Å²) in [5.41, 5.74) is 3.21. The zero-order chi connectivity index (χ0) is 22.3. The lowest BCUT2D eigenvalue weighted by molar-refractivity contribution is -0.118. The summed E-state index contributed by atoms with van der Waals surface area (Å²) >= 11 is 0. The number of sulfone groups is 1. The van der Waals surface area contributed by atoms with Crippen LogP contribution in [-0.4, -0.2) is 37.6 Å². The molecule has 7 heteroatoms. The maximum atomic E-state index is 12.3. The number of nitrogens with one attached hydrogen (secondary N) is 1. The smallest absolute Gasteiger partial charge is 0.235 e. The first-order valence-corrected chi connectivity index (χ1v) is 12.4. The Labute approximate surface area is 184 Å². The minimum absolute atomic E-state index is 0.226. The van der Waals surface area contributed by atoms with Crippen LogP contribution in [0.1, 0.15) is 48.4 Å². The van der Waals surface area contributed by atoms with Crippen molar-refractivity contribution in [3.63, 3.8) is 0 Å². The highest BCUT2D eigenvalue weighted by molar-refractivity contribution is 7.91. The van der Waals surface area contributed by atoms with Crippen LogP contribution in [0.2, 0.25) is 0 Å². The molecule has 31 heavy (non-hydrogen) atoms. The summed E-state index contributed by atoms with van der Waals surface area (Å²) in [6.45, 7) is 4.64. The van der Waals surface area contributed by atoms with E-state index in [4.69, 9.17) is 5.26 Å². The van der Waals surface area contributed by atoms with Gasteiger partial charge in [-0.3, -0.25) is 9.69 Å². The maximum absolute atomic E-state index is 12.3. The molecular weight excluding hydrogens is 410 g/mol. The number of amides is 1. The van der Waals surface area contributed by atoms with Crippen LogP contribution in [0.3, 0.4) is 0 Å². The summed E-state index contributed by atoms with van der Waals surface area (Å²) in [7, 11) is -3.59. The second kappa shape index (κ2) is 10.6. The molecule has 0 spiro atoms. The average Bonchev–Trinajstić information content (AvgIpc) is 2.75. The fourth-order valence-corrected chi connectivity index (χ4v) is 5.13. The molecule has 0 saturated carbocycles. The molecule has 1 aliphatic heterocycles. The standard InChI is InChI=1S/C24H29N3O3S/c1-19-4-2-3-13-27(19)16-22-9-7-21(8-10-22)15-26-24(28)18-31(29,30)17-23-11-5-20(14-25)6-12-23/h5-12,19H,2-4,13,15-18H2,1H3,(H,26,28). The molecule has 1 unspecified atom stereocenters. The van der Waals surface area contributed by atoms with Gasteiger partial charge in [0.1, 0.15) is 5.75 Å². The Morgan fingerprint density at radius 2 is 1.71 bits per heavy atom. The van der Waals surface area contributed by atoms with Crippen molar-refractivity contribution in [3.05, 3.63) is 70.8 Å². The number of piperidine rings is 1. The molecule has 164 valence electrons. The number of nitrogens with zero attached hydrogens (tertiary/aromatic N) is 2. The fraction of sp³-hybridized carbons (Fsp3) is 0.417. The van der Waals surface area contributed by atoms with Gasteiger partial charge in [-0.15, -0.1) is 0 Å². The van der Waals surface area contributed by atoms with Gasteiger partial charge in [-0.2, -0.15) is 5.26 Å². The van der Waals surface area contributed by atoms with Crippen LogP contribution in [0.5, 0.6) is 0 Å². The van der Waals surface area contributed by atoms with E-state index in [9.17, 15) is 13.2 Å². The van der Waals surface area contributed by atoms with E-state index in [0.717, 1.165) is 18.7 Å². The number of rotatable bonds is 8. The molecule has 0 aliphatic carbocycles. The second-order valence-electron chi connectivity index (χ2n) is 8.25. The van der Waals surface area contributed by atoms with Crippen LogP contribution in [0, 0.1) is 11.3 Å². The molecule has 1 amide bonds. The van der Waals surface area contributed by atoms with E-state index in [-0.39, 0.29) is 5.75 Å². The van der Waals surface area contributed by atoms with E-state index >= 15 is 0 Å². The van der Waals surface area contributed by atoms with Crippen LogP contribution in [-0.2, 0) is 33.5 Å². The molecule has 1 atom stereocenters. The molecule has 6 nitrogen and oxygen atoms in total. The summed E-state index contributed by atoms with van der Waals surface area (Å²) in [6, 6.07) is 17.0. The highest BCUT2D eigenvalue weighted by Crippen LogP contribution is 2.19. The van der Waals surface area contributed by atoms with Gasteiger partial charge < -0.3 is 5.32 Å². The van der Waals surface area contributed by atoms with Crippen LogP contribution in [0.25, 0.3) is 0 Å². The topological polar surface area (TPSA) is 90.3 Å². The van der Waals surface area contributed by atoms with Crippen molar-refractivity contribution in [2.75, 3.05) is 12.3 Å². The summed E-state index contributed by atoms with van der Waals surface area (Å²) in [5.74, 6) is -1.30. The molecule has 1 saturated heterocycles. The molecule has 1 fully saturated rings. The van der Waals surface area contributed by atoms with E-state index in [0.29, 0.717) is 23.7 Å². The van der Waals surface area contributed by atoms with Gasteiger partial charge in [0.05, 0.1) is 17.4 Å². The summed E-state index contributed by atoms with van der Waals surface area (Å²) < 4.78 is 24.6. The van der Waals surface area contributed by atoms with Crippen molar-refractivity contribution in [2.24, 2.45) is 0 Å². The highest BCUT2D eigenvalue weighted by atomic mass is 32.2. The van der Waals surface area contributed by atoms with Crippen LogP contribution < -0.4 is 5.32 Å². The van der Waals surface area contributed by atoms with E-state index in [1.165, 1.54) is 24.8 Å². The number of hydrogen-bond acceptors (Lipinski definition) is 5. The average molecular weight is 440 g/mol. The monoisotopic (exact) mass is 439 g/mol. The van der Waals surface area contributed by atoms with Crippen molar-refractivity contribution in [3.8, 4) is 6.07 Å². The van der Waals surface area contributed by atoms with Gasteiger partial charge >= 0.3 is 0 Å². The Balaban J connectivity index is 1.46. The zero-order valence-electron chi connectivity index (χ0n) is 17.9. The number of nitriles is 1. The van der Waals surface area contributed by atoms with Crippen molar-refractivity contribution in [1.82, 2.24) is 10.2 Å². The number of hydrogen-bond donors (Lipinski definition) is 1. The quantitative estimate of drug-likeness (QED) is 0.682. The lowest BCUT2D eigenvalue weighted by Gasteiger charge is -2.33. The van der Waals surface area contributed by atoms with E-state index in [2.05, 4.69) is 29.3 Å². The molecule has 2 aromatic carbocycles. The third-order valence-electron chi connectivity index (χ3n) is 5.66. The lowest BCUT2D eigenvalue weighted by Crippen LogP contribution is -2.36. The minimum Gasteiger partial charge on any atom is -0.351 e. The molecule has 0 radical (unpaired) electrons. The Hall–Kier alpha value is -2.69. The summed E-state index contributed by atoms with van der Waals surface area (Å²) in [4.78, 5) is 14.6. The van der Waals surface area contributed by atoms with E-state index in [1.807, 2.05) is 18.2 Å². The van der Waals surface area contributed by atoms with Gasteiger partial charge in [-0.1, -0.05) is 42.8 Å². The third-order valence-corrected chi connectivity index (χ3v) is 7.13. The Morgan fingerprint density at radius 1 is 1.06 bits per heavy atom. The SMILES string of the molecule is CC1CCCCN1Cc1ccc(CNC(=O)CS(=O)(=O)Cc2ccc(C#N)cc2)cc1. The van der Waals surface area contributed by atoms with E-state index in [1.54, 1.807) is 24.3 Å². The van der Waals surface area contributed by atoms with Crippen molar-refractivity contribution in [1.29, 1.82) is 5.26 Å². The van der Waals surface area contributed by atoms with Crippen LogP contribution >= 0.6 is 0 Å². The van der Waals surface area contributed by atoms with E-state index < -0.39 is 21.5 Å². The molecule has 1 heterocycles. The predicted octanol–water partition coefficient (Wildman–Crippen LogP) is 3.16. The molecule has 0 aromatic heterocycles. The molecule has 3 rings (SSSR count). The molecular formula is C24H29N3O3S. The zero-order valence-corrected chi connectivity index (χ0v) is 18.7. The normalized spacial score (nSPS) is 17.1. The number of likely N-dealkylation sites (tertiary alicyclic amines) is 1. The Morgan fingerprint density at radius 3 is 2.35 bits per heavy atom. The third kappa shape index (κ3) is 7.20. The number of carbonyl (C=O) groups is 1. The number of benzene rings is 2. The molecule has 0 bridgehead atoms. The molecule has 2 aromatic rings. The van der Waals surface area contributed by atoms with Gasteiger partial charge in [0.15, 0.2) is 9.84 Å². The van der Waals surface area contributed by atoms with Crippen molar-refractivity contribution < 1.29 is 13.2 Å². The molecule has 1 N–H and O–H groups in total. The Kier molecular flexibility index (Phi) is 7.83. The second-order valence-corrected chi connectivity index (χ2v) is 10.3. The lowest BCUT2D eigenvalue weighted by atomic mass is 10.0. The van der Waals surface area contributed by atoms with Gasteiger partial charge in [-0.05, 0) is 55.1 Å². The molecule has 1 aliphatic rings. The van der Waals surface area contributed by atoms with Crippen LogP contribution in [0.4, 0.5) is 0 Å². The minimum atomic E-state index is -3.59. The van der Waals surface area contributed by atoms with Gasteiger partial charge in [0, 0.05) is 19.1 Å². The first kappa shape index (κ1) is 23.0. The van der Waals surface area contributed by atoms with Crippen molar-refractivity contribution in [2.45, 2.75) is 51.1 Å². The highest BCUT2D eigenvalue weighted by Gasteiger charge is 2.19. The first-order chi connectivity index (χ1) is 14.8.